The molecule has 4 rings (SSSR count). The van der Waals surface area contributed by atoms with E-state index in [0.29, 0.717) is 0 Å². The second-order valence-electron chi connectivity index (χ2n) is 7.20. The summed E-state index contributed by atoms with van der Waals surface area (Å²) >= 11 is -3.35. The van der Waals surface area contributed by atoms with Gasteiger partial charge in [-0.1, -0.05) is 0 Å². The summed E-state index contributed by atoms with van der Waals surface area (Å²) in [5.74, 6) is 0. The third kappa shape index (κ3) is 3.44. The molecule has 0 aliphatic heterocycles. The molecule has 0 bridgehead atoms. The van der Waals surface area contributed by atoms with E-state index in [4.69, 9.17) is 17.0 Å². The minimum atomic E-state index is -3.35. The van der Waals surface area contributed by atoms with Gasteiger partial charge in [-0.2, -0.15) is 0 Å². The van der Waals surface area contributed by atoms with Crippen LogP contribution >= 0.6 is 17.0 Å². The fourth-order valence-corrected chi connectivity index (χ4v) is 11.6. The second kappa shape index (κ2) is 7.78. The van der Waals surface area contributed by atoms with E-state index in [1.165, 1.54) is 38.6 Å². The molecule has 0 heterocycles. The Morgan fingerprint density at radius 1 is 0.926 bits per heavy atom. The third-order valence-corrected chi connectivity index (χ3v) is 16.2. The van der Waals surface area contributed by atoms with Gasteiger partial charge in [-0.05, 0) is 0 Å². The zero-order chi connectivity index (χ0) is 19.0. The van der Waals surface area contributed by atoms with Crippen molar-refractivity contribution in [3.8, 4) is 11.1 Å². The van der Waals surface area contributed by atoms with Crippen molar-refractivity contribution in [3.05, 3.63) is 77.4 Å². The zero-order valence-electron chi connectivity index (χ0n) is 15.7. The van der Waals surface area contributed by atoms with Crippen molar-refractivity contribution in [1.82, 2.24) is 0 Å². The van der Waals surface area contributed by atoms with Crippen molar-refractivity contribution in [2.75, 3.05) is 0 Å². The van der Waals surface area contributed by atoms with Gasteiger partial charge in [-0.3, -0.25) is 0 Å². The summed E-state index contributed by atoms with van der Waals surface area (Å²) in [5, 5.41) is 2.56. The van der Waals surface area contributed by atoms with E-state index in [-0.39, 0.29) is 3.63 Å². The van der Waals surface area contributed by atoms with E-state index in [9.17, 15) is 0 Å². The van der Waals surface area contributed by atoms with Crippen molar-refractivity contribution in [3.63, 3.8) is 0 Å². The summed E-state index contributed by atoms with van der Waals surface area (Å²) in [5.41, 5.74) is 6.61. The quantitative estimate of drug-likeness (QED) is 0.360. The number of hydrogen-bond acceptors (Lipinski definition) is 0. The summed E-state index contributed by atoms with van der Waals surface area (Å²) < 4.78 is 2.34. The molecule has 0 saturated carbocycles. The number of halogens is 2. The van der Waals surface area contributed by atoms with Crippen LogP contribution in [0.15, 0.2) is 66.2 Å². The van der Waals surface area contributed by atoms with E-state index < -0.39 is 17.4 Å². The first-order valence-corrected chi connectivity index (χ1v) is 18.7. The Hall–Kier alpha value is -1.01. The van der Waals surface area contributed by atoms with Crippen molar-refractivity contribution in [2.24, 2.45) is 0 Å². The maximum absolute atomic E-state index is 6.96. The Morgan fingerprint density at radius 2 is 1.63 bits per heavy atom. The van der Waals surface area contributed by atoms with Crippen molar-refractivity contribution in [1.29, 1.82) is 0 Å². The SMILES string of the molecule is C[CH]=[Zr]([Cl])([Cl])[CH]1C(CCC)=Cc2c(-c3cccc4ccccc34)cccc21. The Kier molecular flexibility index (Phi) is 5.57. The average Bonchev–Trinajstić information content (AvgIpc) is 3.07. The molecular weight excluding hydrogens is 450 g/mol. The molecule has 137 valence electrons. The predicted octanol–water partition coefficient (Wildman–Crippen LogP) is 8.03. The van der Waals surface area contributed by atoms with Gasteiger partial charge < -0.3 is 0 Å². The van der Waals surface area contributed by atoms with E-state index in [1.54, 1.807) is 0 Å². The fourth-order valence-electron chi connectivity index (χ4n) is 4.29. The molecule has 0 aromatic heterocycles. The molecule has 27 heavy (non-hydrogen) atoms. The average molecular weight is 474 g/mol. The van der Waals surface area contributed by atoms with Gasteiger partial charge in [0.1, 0.15) is 0 Å². The Balaban J connectivity index is 1.98. The molecule has 3 heteroatoms. The molecule has 1 atom stereocenters. The number of fused-ring (bicyclic) bond motifs is 2. The maximum atomic E-state index is 6.96. The van der Waals surface area contributed by atoms with Crippen LogP contribution in [0.4, 0.5) is 0 Å². The van der Waals surface area contributed by atoms with Crippen LogP contribution in [0.3, 0.4) is 0 Å². The molecule has 1 unspecified atom stereocenters. The van der Waals surface area contributed by atoms with Crippen molar-refractivity contribution >= 4 is 37.6 Å². The molecule has 3 aromatic carbocycles. The van der Waals surface area contributed by atoms with Gasteiger partial charge in [0.25, 0.3) is 0 Å². The molecule has 1 aliphatic rings. The van der Waals surface area contributed by atoms with E-state index in [1.807, 2.05) is 6.92 Å². The van der Waals surface area contributed by atoms with Crippen molar-refractivity contribution in [2.45, 2.75) is 30.3 Å². The number of benzene rings is 3. The Morgan fingerprint density at radius 3 is 2.41 bits per heavy atom. The molecule has 1 aliphatic carbocycles. The van der Waals surface area contributed by atoms with Gasteiger partial charge in [0.05, 0.1) is 0 Å². The molecule has 0 radical (unpaired) electrons. The fraction of sp³-hybridized carbons (Fsp3) is 0.208. The predicted molar refractivity (Wildman–Crippen MR) is 118 cm³/mol. The van der Waals surface area contributed by atoms with E-state index >= 15 is 0 Å². The molecule has 0 spiro atoms. The topological polar surface area (TPSA) is 0 Å². The standard InChI is InChI=1S/C22H19.C2H4.2ClH.Zr/c1-2-7-16-14-18-10-6-13-21(22(18)15-16)20-12-5-9-17-8-3-4-11-19(17)20;1-2;;;/h3-6,8-15H,2,7H2,1H3;1H,2H3;2*1H;/q;;;;+2/p-2. The monoisotopic (exact) mass is 471 g/mol. The molecule has 0 nitrogen and oxygen atoms in total. The summed E-state index contributed by atoms with van der Waals surface area (Å²) in [4.78, 5) is 0. The summed E-state index contributed by atoms with van der Waals surface area (Å²) in [7, 11) is 13.9. The first-order chi connectivity index (χ1) is 13.1. The Bertz CT molecular complexity index is 1080. The first kappa shape index (κ1) is 19.3. The first-order valence-electron chi connectivity index (χ1n) is 9.56. The van der Waals surface area contributed by atoms with E-state index in [2.05, 4.69) is 77.4 Å². The molecule has 3 aromatic rings. The second-order valence-corrected chi connectivity index (χ2v) is 21.9. The number of allylic oxidation sites excluding steroid dienone is 1. The third-order valence-electron chi connectivity index (χ3n) is 5.54. The van der Waals surface area contributed by atoms with Crippen LogP contribution in [0.1, 0.15) is 41.4 Å². The van der Waals surface area contributed by atoms with Crippen LogP contribution in [0, 0.1) is 0 Å². The number of hydrogen-bond donors (Lipinski definition) is 0. The van der Waals surface area contributed by atoms with E-state index in [0.717, 1.165) is 12.8 Å². The van der Waals surface area contributed by atoms with Gasteiger partial charge in [0.2, 0.25) is 0 Å². The Labute approximate surface area is 172 Å². The van der Waals surface area contributed by atoms with Gasteiger partial charge in [0.15, 0.2) is 0 Å². The van der Waals surface area contributed by atoms with Gasteiger partial charge in [-0.15, -0.1) is 0 Å². The van der Waals surface area contributed by atoms with Crippen LogP contribution in [0.5, 0.6) is 0 Å². The van der Waals surface area contributed by atoms with Gasteiger partial charge >= 0.3 is 174 Å². The summed E-state index contributed by atoms with van der Waals surface area (Å²) in [6.45, 7) is 4.26. The van der Waals surface area contributed by atoms with Crippen LogP contribution in [-0.4, -0.2) is 3.71 Å². The molecule has 0 amide bonds. The van der Waals surface area contributed by atoms with Crippen LogP contribution in [0.2, 0.25) is 0 Å². The normalized spacial score (nSPS) is 16.3. The zero-order valence-corrected chi connectivity index (χ0v) is 19.6. The molecule has 0 saturated heterocycles. The minimum absolute atomic E-state index is 0.220. The van der Waals surface area contributed by atoms with Crippen LogP contribution in [0.25, 0.3) is 28.0 Å². The van der Waals surface area contributed by atoms with Gasteiger partial charge in [-0.25, -0.2) is 0 Å². The summed E-state index contributed by atoms with van der Waals surface area (Å²) in [6.07, 6.45) is 4.54. The van der Waals surface area contributed by atoms with Gasteiger partial charge in [0, 0.05) is 0 Å². The van der Waals surface area contributed by atoms with Crippen LogP contribution < -0.4 is 0 Å². The summed E-state index contributed by atoms with van der Waals surface area (Å²) in [6, 6.07) is 21.8. The van der Waals surface area contributed by atoms with Crippen molar-refractivity contribution < 1.29 is 17.4 Å². The molecule has 0 N–H and O–H groups in total. The number of rotatable bonds is 4. The molecule has 0 fully saturated rings. The molecular formula is C24H23Cl2Zr. The van der Waals surface area contributed by atoms with Crippen LogP contribution in [-0.2, 0) is 17.4 Å².